The summed E-state index contributed by atoms with van der Waals surface area (Å²) in [5.41, 5.74) is 0.0511. The monoisotopic (exact) mass is 274 g/mol. The fourth-order valence-corrected chi connectivity index (χ4v) is 2.32. The first-order valence-electron chi connectivity index (χ1n) is 4.74. The van der Waals surface area contributed by atoms with Gasteiger partial charge in [-0.3, -0.25) is 4.79 Å². The Kier molecular flexibility index (Phi) is 2.87. The topological polar surface area (TPSA) is 17.1 Å². The minimum absolute atomic E-state index is 0.0511. The molecule has 0 bridgehead atoms. The first kappa shape index (κ1) is 10.7. The van der Waals surface area contributed by atoms with Crippen LogP contribution in [0.5, 0.6) is 0 Å². The molecule has 1 unspecified atom stereocenters. The smallest absolute Gasteiger partial charge is 0.143 e. The average molecular weight is 275 g/mol. The average Bonchev–Trinajstić information content (AvgIpc) is 2.59. The molecule has 0 heterocycles. The van der Waals surface area contributed by atoms with Gasteiger partial charge >= 0.3 is 0 Å². The van der Waals surface area contributed by atoms with Crippen molar-refractivity contribution in [2.45, 2.75) is 25.2 Å². The standard InChI is InChI=1S/C11H9BrF2O/c12-8-3-4-9(13)10(11(8)14)6-1-2-7(15)5-6/h3-4,6H,1-2,5H2. The van der Waals surface area contributed by atoms with Crippen LogP contribution in [0.2, 0.25) is 0 Å². The van der Waals surface area contributed by atoms with Crippen LogP contribution in [0.1, 0.15) is 30.7 Å². The van der Waals surface area contributed by atoms with Gasteiger partial charge in [0.15, 0.2) is 0 Å². The number of ketones is 1. The molecule has 1 nitrogen and oxygen atoms in total. The van der Waals surface area contributed by atoms with E-state index in [1.54, 1.807) is 0 Å². The summed E-state index contributed by atoms with van der Waals surface area (Å²) < 4.78 is 27.3. The van der Waals surface area contributed by atoms with Gasteiger partial charge in [0.25, 0.3) is 0 Å². The van der Waals surface area contributed by atoms with E-state index in [0.29, 0.717) is 12.8 Å². The second kappa shape index (κ2) is 4.00. The highest BCUT2D eigenvalue weighted by Crippen LogP contribution is 2.36. The Morgan fingerprint density at radius 2 is 2.07 bits per heavy atom. The summed E-state index contributed by atoms with van der Waals surface area (Å²) in [6, 6.07) is 2.57. The molecule has 4 heteroatoms. The summed E-state index contributed by atoms with van der Waals surface area (Å²) in [7, 11) is 0. The molecule has 1 aliphatic rings. The molecule has 0 saturated heterocycles. The van der Waals surface area contributed by atoms with Gasteiger partial charge in [0, 0.05) is 18.4 Å². The van der Waals surface area contributed by atoms with Crippen LogP contribution in [-0.4, -0.2) is 5.78 Å². The summed E-state index contributed by atoms with van der Waals surface area (Å²) in [5, 5.41) is 0. The quantitative estimate of drug-likeness (QED) is 0.716. The lowest BCUT2D eigenvalue weighted by Gasteiger charge is -2.11. The van der Waals surface area contributed by atoms with Gasteiger partial charge in [-0.05, 0) is 40.4 Å². The molecule has 1 aromatic carbocycles. The van der Waals surface area contributed by atoms with Gasteiger partial charge in [0.1, 0.15) is 17.4 Å². The number of hydrogen-bond acceptors (Lipinski definition) is 1. The summed E-state index contributed by atoms with van der Waals surface area (Å²) in [4.78, 5) is 11.1. The largest absolute Gasteiger partial charge is 0.300 e. The summed E-state index contributed by atoms with van der Waals surface area (Å²) >= 11 is 3.02. The van der Waals surface area contributed by atoms with Crippen LogP contribution in [0.3, 0.4) is 0 Å². The fourth-order valence-electron chi connectivity index (χ4n) is 1.98. The van der Waals surface area contributed by atoms with E-state index in [4.69, 9.17) is 0 Å². The maximum absolute atomic E-state index is 13.6. The van der Waals surface area contributed by atoms with E-state index in [-0.39, 0.29) is 28.2 Å². The molecular formula is C11H9BrF2O. The predicted octanol–water partition coefficient (Wildman–Crippen LogP) is 3.56. The Bertz CT molecular complexity index is 417. The number of Topliss-reactive ketones (excluding diaryl/α,β-unsaturated/α-hetero) is 1. The summed E-state index contributed by atoms with van der Waals surface area (Å²) in [6.45, 7) is 0. The van der Waals surface area contributed by atoms with E-state index >= 15 is 0 Å². The van der Waals surface area contributed by atoms with Crippen molar-refractivity contribution in [1.82, 2.24) is 0 Å². The maximum Gasteiger partial charge on any atom is 0.143 e. The van der Waals surface area contributed by atoms with Crippen LogP contribution in [0, 0.1) is 11.6 Å². The molecule has 80 valence electrons. The zero-order valence-electron chi connectivity index (χ0n) is 7.90. The van der Waals surface area contributed by atoms with Gasteiger partial charge in [-0.1, -0.05) is 0 Å². The Morgan fingerprint density at radius 1 is 1.33 bits per heavy atom. The molecule has 0 radical (unpaired) electrons. The van der Waals surface area contributed by atoms with E-state index in [2.05, 4.69) is 15.9 Å². The van der Waals surface area contributed by atoms with Crippen molar-refractivity contribution >= 4 is 21.7 Å². The number of halogens is 3. The SMILES string of the molecule is O=C1CCC(c2c(F)ccc(Br)c2F)C1. The van der Waals surface area contributed by atoms with Crippen molar-refractivity contribution in [2.75, 3.05) is 0 Å². The molecule has 0 aliphatic heterocycles. The Balaban J connectivity index is 2.43. The molecule has 0 N–H and O–H groups in total. The first-order valence-corrected chi connectivity index (χ1v) is 5.54. The molecule has 2 rings (SSSR count). The van der Waals surface area contributed by atoms with Crippen LogP contribution >= 0.6 is 15.9 Å². The molecule has 1 aromatic rings. The second-order valence-electron chi connectivity index (χ2n) is 3.74. The van der Waals surface area contributed by atoms with Crippen LogP contribution < -0.4 is 0 Å². The highest BCUT2D eigenvalue weighted by Gasteiger charge is 2.29. The lowest BCUT2D eigenvalue weighted by atomic mass is 9.96. The van der Waals surface area contributed by atoms with Crippen LogP contribution in [-0.2, 0) is 4.79 Å². The third-order valence-electron chi connectivity index (χ3n) is 2.73. The van der Waals surface area contributed by atoms with Gasteiger partial charge in [-0.15, -0.1) is 0 Å². The van der Waals surface area contributed by atoms with Crippen LogP contribution in [0.4, 0.5) is 8.78 Å². The number of hydrogen-bond donors (Lipinski definition) is 0. The molecular weight excluding hydrogens is 266 g/mol. The van der Waals surface area contributed by atoms with Crippen LogP contribution in [0.15, 0.2) is 16.6 Å². The zero-order chi connectivity index (χ0) is 11.0. The van der Waals surface area contributed by atoms with Gasteiger partial charge in [0.2, 0.25) is 0 Å². The van der Waals surface area contributed by atoms with Crippen molar-refractivity contribution in [3.63, 3.8) is 0 Å². The number of rotatable bonds is 1. The molecule has 0 spiro atoms. The minimum Gasteiger partial charge on any atom is -0.300 e. The molecule has 1 saturated carbocycles. The van der Waals surface area contributed by atoms with E-state index in [1.807, 2.05) is 0 Å². The Morgan fingerprint density at radius 3 is 2.67 bits per heavy atom. The summed E-state index contributed by atoms with van der Waals surface area (Å²) in [5.74, 6) is -1.35. The van der Waals surface area contributed by atoms with Crippen molar-refractivity contribution in [3.8, 4) is 0 Å². The second-order valence-corrected chi connectivity index (χ2v) is 4.59. The third kappa shape index (κ3) is 1.95. The molecule has 15 heavy (non-hydrogen) atoms. The zero-order valence-corrected chi connectivity index (χ0v) is 9.48. The number of carbonyl (C=O) groups excluding carboxylic acids is 1. The van der Waals surface area contributed by atoms with Gasteiger partial charge in [-0.25, -0.2) is 8.78 Å². The van der Waals surface area contributed by atoms with Crippen molar-refractivity contribution < 1.29 is 13.6 Å². The van der Waals surface area contributed by atoms with Gasteiger partial charge in [0.05, 0.1) is 4.47 Å². The summed E-state index contributed by atoms with van der Waals surface area (Å²) in [6.07, 6.45) is 1.23. The van der Waals surface area contributed by atoms with Crippen LogP contribution in [0.25, 0.3) is 0 Å². The van der Waals surface area contributed by atoms with E-state index in [9.17, 15) is 13.6 Å². The molecule has 1 atom stereocenters. The molecule has 1 fully saturated rings. The van der Waals surface area contributed by atoms with E-state index < -0.39 is 11.6 Å². The van der Waals surface area contributed by atoms with Crippen molar-refractivity contribution in [1.29, 1.82) is 0 Å². The number of carbonyl (C=O) groups is 1. The van der Waals surface area contributed by atoms with E-state index in [1.165, 1.54) is 12.1 Å². The maximum atomic E-state index is 13.6. The lowest BCUT2D eigenvalue weighted by molar-refractivity contribution is -0.117. The lowest BCUT2D eigenvalue weighted by Crippen LogP contribution is -2.02. The third-order valence-corrected chi connectivity index (χ3v) is 3.35. The molecule has 1 aliphatic carbocycles. The minimum atomic E-state index is -0.574. The number of benzene rings is 1. The highest BCUT2D eigenvalue weighted by atomic mass is 79.9. The van der Waals surface area contributed by atoms with Crippen molar-refractivity contribution in [3.05, 3.63) is 33.8 Å². The molecule has 0 aromatic heterocycles. The van der Waals surface area contributed by atoms with Crippen molar-refractivity contribution in [2.24, 2.45) is 0 Å². The Labute approximate surface area is 94.6 Å². The normalized spacial score (nSPS) is 21.0. The molecule has 0 amide bonds. The highest BCUT2D eigenvalue weighted by molar-refractivity contribution is 9.10. The van der Waals surface area contributed by atoms with Gasteiger partial charge in [-0.2, -0.15) is 0 Å². The van der Waals surface area contributed by atoms with Gasteiger partial charge < -0.3 is 0 Å². The fraction of sp³-hybridized carbons (Fsp3) is 0.364. The Hall–Kier alpha value is -0.770. The first-order chi connectivity index (χ1) is 7.09. The van der Waals surface area contributed by atoms with E-state index in [0.717, 1.165) is 0 Å². The predicted molar refractivity (Wildman–Crippen MR) is 55.7 cm³/mol.